The van der Waals surface area contributed by atoms with Crippen molar-refractivity contribution in [2.24, 2.45) is 5.92 Å². The largest absolute Gasteiger partial charge is 0.468 e. The van der Waals surface area contributed by atoms with Crippen molar-refractivity contribution in [3.05, 3.63) is 23.7 Å². The van der Waals surface area contributed by atoms with Crippen LogP contribution in [0.1, 0.15) is 39.0 Å². The molecule has 1 aliphatic rings. The van der Waals surface area contributed by atoms with E-state index in [9.17, 15) is 0 Å². The molecule has 0 bridgehead atoms. The highest BCUT2D eigenvalue weighted by Gasteiger charge is 2.30. The van der Waals surface area contributed by atoms with E-state index >= 15 is 0 Å². The normalized spacial score (nSPS) is 19.6. The van der Waals surface area contributed by atoms with Crippen LogP contribution in [0.5, 0.6) is 0 Å². The van der Waals surface area contributed by atoms with E-state index in [0.29, 0.717) is 5.92 Å². The van der Waals surface area contributed by atoms with Gasteiger partial charge in [0.25, 0.3) is 0 Å². The first-order valence-corrected chi connectivity index (χ1v) is 7.57. The summed E-state index contributed by atoms with van der Waals surface area (Å²) >= 11 is 0. The number of furan rings is 1. The van der Waals surface area contributed by atoms with E-state index in [1.54, 1.807) is 0 Å². The lowest BCUT2D eigenvalue weighted by Gasteiger charge is -2.41. The summed E-state index contributed by atoms with van der Waals surface area (Å²) in [5.74, 6) is 1.72. The Morgan fingerprint density at radius 2 is 2.20 bits per heavy atom. The van der Waals surface area contributed by atoms with Gasteiger partial charge in [0, 0.05) is 24.2 Å². The number of rotatable bonds is 6. The number of nitrogens with one attached hydrogen (secondary N) is 1. The Hall–Kier alpha value is -0.840. The summed E-state index contributed by atoms with van der Waals surface area (Å²) in [6.45, 7) is 14.2. The molecule has 0 saturated carbocycles. The molecule has 1 saturated heterocycles. The standard InChI is InChI=1S/C16H28N2O2/c1-13(2)8-17-9-14-7-15(20-11-14)10-18-5-6-19-12-16(18,3)4/h7,11,13,17H,5-6,8-10,12H2,1-4H3. The third kappa shape index (κ3) is 4.33. The van der Waals surface area contributed by atoms with Gasteiger partial charge < -0.3 is 14.5 Å². The van der Waals surface area contributed by atoms with Gasteiger partial charge in [-0.05, 0) is 32.4 Å². The second-order valence-electron chi connectivity index (χ2n) is 6.73. The van der Waals surface area contributed by atoms with Crippen LogP contribution in [0.3, 0.4) is 0 Å². The van der Waals surface area contributed by atoms with E-state index in [4.69, 9.17) is 9.15 Å². The van der Waals surface area contributed by atoms with Crippen molar-refractivity contribution >= 4 is 0 Å². The monoisotopic (exact) mass is 280 g/mol. The third-order valence-corrected chi connectivity index (χ3v) is 3.75. The molecule has 0 unspecified atom stereocenters. The van der Waals surface area contributed by atoms with E-state index in [-0.39, 0.29) is 5.54 Å². The Morgan fingerprint density at radius 3 is 2.90 bits per heavy atom. The van der Waals surface area contributed by atoms with Gasteiger partial charge in [0.2, 0.25) is 0 Å². The maximum atomic E-state index is 5.70. The molecule has 0 atom stereocenters. The molecule has 0 radical (unpaired) electrons. The molecule has 0 aliphatic carbocycles. The van der Waals surface area contributed by atoms with Gasteiger partial charge in [-0.15, -0.1) is 0 Å². The number of morpholine rings is 1. The van der Waals surface area contributed by atoms with Gasteiger partial charge in [-0.2, -0.15) is 0 Å². The van der Waals surface area contributed by atoms with Gasteiger partial charge >= 0.3 is 0 Å². The summed E-state index contributed by atoms with van der Waals surface area (Å²) < 4.78 is 11.2. The Kier molecular flexibility index (Phi) is 5.24. The molecule has 2 heterocycles. The topological polar surface area (TPSA) is 37.6 Å². The van der Waals surface area contributed by atoms with Gasteiger partial charge in [0.05, 0.1) is 26.0 Å². The molecule has 4 nitrogen and oxygen atoms in total. The fourth-order valence-corrected chi connectivity index (χ4v) is 2.48. The van der Waals surface area contributed by atoms with Gasteiger partial charge in [0.1, 0.15) is 5.76 Å². The van der Waals surface area contributed by atoms with Crippen LogP contribution in [0.2, 0.25) is 0 Å². The number of ether oxygens (including phenoxy) is 1. The minimum atomic E-state index is 0.0844. The van der Waals surface area contributed by atoms with Crippen LogP contribution < -0.4 is 5.32 Å². The molecule has 0 amide bonds. The van der Waals surface area contributed by atoms with Crippen LogP contribution >= 0.6 is 0 Å². The molecule has 1 N–H and O–H groups in total. The minimum Gasteiger partial charge on any atom is -0.468 e. The summed E-state index contributed by atoms with van der Waals surface area (Å²) in [6, 6.07) is 2.17. The Morgan fingerprint density at radius 1 is 1.40 bits per heavy atom. The molecule has 1 aromatic heterocycles. The van der Waals surface area contributed by atoms with Crippen molar-refractivity contribution in [3.8, 4) is 0 Å². The maximum absolute atomic E-state index is 5.70. The molecule has 2 rings (SSSR count). The molecule has 1 aliphatic heterocycles. The molecule has 0 aromatic carbocycles. The number of nitrogens with zero attached hydrogens (tertiary/aromatic N) is 1. The zero-order chi connectivity index (χ0) is 14.6. The highest BCUT2D eigenvalue weighted by Crippen LogP contribution is 2.22. The predicted molar refractivity (Wildman–Crippen MR) is 80.6 cm³/mol. The Balaban J connectivity index is 1.85. The van der Waals surface area contributed by atoms with Gasteiger partial charge in [0.15, 0.2) is 0 Å². The lowest BCUT2D eigenvalue weighted by molar-refractivity contribution is -0.0577. The summed E-state index contributed by atoms with van der Waals surface area (Å²) in [6.07, 6.45) is 1.87. The van der Waals surface area contributed by atoms with Gasteiger partial charge in [-0.25, -0.2) is 0 Å². The molecule has 4 heteroatoms. The molecule has 1 aromatic rings. The lowest BCUT2D eigenvalue weighted by Crippen LogP contribution is -2.52. The molecule has 114 valence electrons. The summed E-state index contributed by atoms with van der Waals surface area (Å²) in [5.41, 5.74) is 1.31. The van der Waals surface area contributed by atoms with Crippen molar-refractivity contribution in [3.63, 3.8) is 0 Å². The molecular weight excluding hydrogens is 252 g/mol. The Bertz CT molecular complexity index is 412. The van der Waals surface area contributed by atoms with Crippen LogP contribution in [0.15, 0.2) is 16.7 Å². The smallest absolute Gasteiger partial charge is 0.118 e. The second-order valence-corrected chi connectivity index (χ2v) is 6.73. The van der Waals surface area contributed by atoms with E-state index in [2.05, 4.69) is 44.0 Å². The van der Waals surface area contributed by atoms with Crippen LogP contribution in [0, 0.1) is 5.92 Å². The van der Waals surface area contributed by atoms with Gasteiger partial charge in [-0.1, -0.05) is 13.8 Å². The van der Waals surface area contributed by atoms with Crippen LogP contribution in [-0.4, -0.2) is 36.7 Å². The second kappa shape index (κ2) is 6.74. The summed E-state index contributed by atoms with van der Waals surface area (Å²) in [5, 5.41) is 3.44. The van der Waals surface area contributed by atoms with E-state index in [1.807, 2.05) is 6.26 Å². The third-order valence-electron chi connectivity index (χ3n) is 3.75. The molecular formula is C16H28N2O2. The minimum absolute atomic E-state index is 0.0844. The zero-order valence-corrected chi connectivity index (χ0v) is 13.2. The first-order valence-electron chi connectivity index (χ1n) is 7.57. The predicted octanol–water partition coefficient (Wildman–Crippen LogP) is 2.64. The van der Waals surface area contributed by atoms with Crippen LogP contribution in [-0.2, 0) is 17.8 Å². The van der Waals surface area contributed by atoms with Crippen molar-refractivity contribution in [2.45, 2.75) is 46.3 Å². The van der Waals surface area contributed by atoms with Crippen molar-refractivity contribution in [2.75, 3.05) is 26.3 Å². The highest BCUT2D eigenvalue weighted by atomic mass is 16.5. The number of hydrogen-bond donors (Lipinski definition) is 1. The zero-order valence-electron chi connectivity index (χ0n) is 13.2. The average Bonchev–Trinajstić information content (AvgIpc) is 2.79. The average molecular weight is 280 g/mol. The first kappa shape index (κ1) is 15.5. The van der Waals surface area contributed by atoms with E-state index in [1.165, 1.54) is 5.56 Å². The highest BCUT2D eigenvalue weighted by molar-refractivity contribution is 5.13. The van der Waals surface area contributed by atoms with Crippen LogP contribution in [0.4, 0.5) is 0 Å². The molecule has 1 fully saturated rings. The number of hydrogen-bond acceptors (Lipinski definition) is 4. The van der Waals surface area contributed by atoms with E-state index < -0.39 is 0 Å². The quantitative estimate of drug-likeness (QED) is 0.869. The van der Waals surface area contributed by atoms with Crippen molar-refractivity contribution < 1.29 is 9.15 Å². The molecule has 20 heavy (non-hydrogen) atoms. The van der Waals surface area contributed by atoms with Crippen LogP contribution in [0.25, 0.3) is 0 Å². The Labute approximate surface area is 122 Å². The maximum Gasteiger partial charge on any atom is 0.118 e. The van der Waals surface area contributed by atoms with Gasteiger partial charge in [-0.3, -0.25) is 4.90 Å². The first-order chi connectivity index (χ1) is 9.47. The summed E-state index contributed by atoms with van der Waals surface area (Å²) in [7, 11) is 0. The fourth-order valence-electron chi connectivity index (χ4n) is 2.48. The van der Waals surface area contributed by atoms with E-state index in [0.717, 1.165) is 45.2 Å². The fraction of sp³-hybridized carbons (Fsp3) is 0.750. The summed E-state index contributed by atoms with van der Waals surface area (Å²) in [4.78, 5) is 2.43. The SMILES string of the molecule is CC(C)CNCc1coc(CN2CCOCC2(C)C)c1. The molecule has 0 spiro atoms. The van der Waals surface area contributed by atoms with Crippen molar-refractivity contribution in [1.82, 2.24) is 10.2 Å². The lowest BCUT2D eigenvalue weighted by atomic mass is 10.0. The van der Waals surface area contributed by atoms with Crippen molar-refractivity contribution in [1.29, 1.82) is 0 Å².